The number of ether oxygens (including phenoxy) is 1. The van der Waals surface area contributed by atoms with Crippen molar-refractivity contribution in [2.45, 2.75) is 51.7 Å². The molecular formula is C12H23NO3. The standard InChI is InChI=1S/C12H23NO3/c1-9(2)7-12(3,15)8-13-11(14)10-5-4-6-16-10/h9-10,15H,4-8H2,1-3H3,(H,13,14)/t10-,12?/m1/s1. The van der Waals surface area contributed by atoms with Gasteiger partial charge in [0, 0.05) is 13.2 Å². The molecule has 0 radical (unpaired) electrons. The molecule has 0 aromatic rings. The minimum Gasteiger partial charge on any atom is -0.388 e. The Morgan fingerprint density at radius 3 is 2.81 bits per heavy atom. The Bertz CT molecular complexity index is 232. The molecule has 1 amide bonds. The van der Waals surface area contributed by atoms with Gasteiger partial charge in [-0.25, -0.2) is 0 Å². The predicted octanol–water partition coefficient (Wildman–Crippen LogP) is 1.08. The molecule has 4 nitrogen and oxygen atoms in total. The van der Waals surface area contributed by atoms with E-state index in [1.165, 1.54) is 0 Å². The third-order valence-electron chi connectivity index (χ3n) is 2.71. The van der Waals surface area contributed by atoms with E-state index in [0.29, 0.717) is 25.5 Å². The van der Waals surface area contributed by atoms with E-state index >= 15 is 0 Å². The molecule has 0 spiro atoms. The summed E-state index contributed by atoms with van der Waals surface area (Å²) in [5, 5.41) is 12.8. The number of carbonyl (C=O) groups excluding carboxylic acids is 1. The quantitative estimate of drug-likeness (QED) is 0.741. The summed E-state index contributed by atoms with van der Waals surface area (Å²) in [5.74, 6) is 0.316. The van der Waals surface area contributed by atoms with Gasteiger partial charge in [0.1, 0.15) is 6.10 Å². The van der Waals surface area contributed by atoms with Gasteiger partial charge in [0.25, 0.3) is 0 Å². The van der Waals surface area contributed by atoms with E-state index in [2.05, 4.69) is 19.2 Å². The zero-order valence-electron chi connectivity index (χ0n) is 10.5. The van der Waals surface area contributed by atoms with Crippen LogP contribution in [0.2, 0.25) is 0 Å². The molecule has 4 heteroatoms. The van der Waals surface area contributed by atoms with Crippen molar-refractivity contribution in [1.82, 2.24) is 5.32 Å². The number of rotatable bonds is 5. The summed E-state index contributed by atoms with van der Waals surface area (Å²) in [6.45, 7) is 6.82. The molecule has 1 rings (SSSR count). The van der Waals surface area contributed by atoms with Crippen molar-refractivity contribution in [3.8, 4) is 0 Å². The van der Waals surface area contributed by atoms with Crippen molar-refractivity contribution < 1.29 is 14.6 Å². The van der Waals surface area contributed by atoms with Crippen LogP contribution in [0, 0.1) is 5.92 Å². The average molecular weight is 229 g/mol. The lowest BCUT2D eigenvalue weighted by Gasteiger charge is -2.26. The van der Waals surface area contributed by atoms with E-state index in [9.17, 15) is 9.90 Å². The molecule has 2 N–H and O–H groups in total. The smallest absolute Gasteiger partial charge is 0.249 e. The fourth-order valence-electron chi connectivity index (χ4n) is 2.13. The molecule has 1 unspecified atom stereocenters. The topological polar surface area (TPSA) is 58.6 Å². The Hall–Kier alpha value is -0.610. The highest BCUT2D eigenvalue weighted by Crippen LogP contribution is 2.16. The van der Waals surface area contributed by atoms with Crippen molar-refractivity contribution in [1.29, 1.82) is 0 Å². The van der Waals surface area contributed by atoms with Gasteiger partial charge in [0.15, 0.2) is 0 Å². The Labute approximate surface area is 97.4 Å². The van der Waals surface area contributed by atoms with Gasteiger partial charge in [0.05, 0.1) is 5.60 Å². The van der Waals surface area contributed by atoms with Crippen LogP contribution >= 0.6 is 0 Å². The Morgan fingerprint density at radius 2 is 2.31 bits per heavy atom. The van der Waals surface area contributed by atoms with Gasteiger partial charge in [-0.3, -0.25) is 4.79 Å². The van der Waals surface area contributed by atoms with Crippen molar-refractivity contribution in [2.75, 3.05) is 13.2 Å². The number of carbonyl (C=O) groups is 1. The van der Waals surface area contributed by atoms with Gasteiger partial charge in [0.2, 0.25) is 5.91 Å². The zero-order valence-corrected chi connectivity index (χ0v) is 10.5. The van der Waals surface area contributed by atoms with Gasteiger partial charge in [-0.2, -0.15) is 0 Å². The van der Waals surface area contributed by atoms with E-state index in [1.807, 2.05) is 0 Å². The van der Waals surface area contributed by atoms with Crippen LogP contribution in [0.1, 0.15) is 40.0 Å². The third kappa shape index (κ3) is 4.49. The maximum absolute atomic E-state index is 11.6. The van der Waals surface area contributed by atoms with Crippen LogP contribution in [0.3, 0.4) is 0 Å². The molecule has 1 saturated heterocycles. The second-order valence-electron chi connectivity index (χ2n) is 5.31. The van der Waals surface area contributed by atoms with Crippen LogP contribution in [0.15, 0.2) is 0 Å². The first-order chi connectivity index (χ1) is 7.41. The molecule has 1 aliphatic heterocycles. The first-order valence-electron chi connectivity index (χ1n) is 6.02. The largest absolute Gasteiger partial charge is 0.388 e. The highest BCUT2D eigenvalue weighted by molar-refractivity contribution is 5.81. The summed E-state index contributed by atoms with van der Waals surface area (Å²) in [5.41, 5.74) is -0.831. The molecule has 1 fully saturated rings. The SMILES string of the molecule is CC(C)CC(C)(O)CNC(=O)[C@H]1CCCO1. The number of amides is 1. The minimum absolute atomic E-state index is 0.0958. The number of nitrogens with one attached hydrogen (secondary N) is 1. The summed E-state index contributed by atoms with van der Waals surface area (Å²) < 4.78 is 5.27. The summed E-state index contributed by atoms with van der Waals surface area (Å²) >= 11 is 0. The van der Waals surface area contributed by atoms with Crippen LogP contribution < -0.4 is 5.32 Å². The first-order valence-corrected chi connectivity index (χ1v) is 6.02. The van der Waals surface area contributed by atoms with E-state index in [-0.39, 0.29) is 12.0 Å². The molecule has 0 aromatic carbocycles. The predicted molar refractivity (Wildman–Crippen MR) is 62.1 cm³/mol. The molecule has 0 aliphatic carbocycles. The second-order valence-corrected chi connectivity index (χ2v) is 5.31. The van der Waals surface area contributed by atoms with Crippen LogP contribution in [0.4, 0.5) is 0 Å². The van der Waals surface area contributed by atoms with E-state index in [0.717, 1.165) is 12.8 Å². The molecule has 94 valence electrons. The van der Waals surface area contributed by atoms with E-state index < -0.39 is 5.60 Å². The van der Waals surface area contributed by atoms with Gasteiger partial charge in [-0.05, 0) is 32.1 Å². The molecule has 16 heavy (non-hydrogen) atoms. The number of hydrogen-bond acceptors (Lipinski definition) is 3. The lowest BCUT2D eigenvalue weighted by atomic mass is 9.94. The molecule has 1 aliphatic rings. The van der Waals surface area contributed by atoms with E-state index in [1.54, 1.807) is 6.92 Å². The lowest BCUT2D eigenvalue weighted by molar-refractivity contribution is -0.131. The summed E-state index contributed by atoms with van der Waals surface area (Å²) in [6.07, 6.45) is 2.10. The van der Waals surface area contributed by atoms with Gasteiger partial charge in [-0.1, -0.05) is 13.8 Å². The Morgan fingerprint density at radius 1 is 1.62 bits per heavy atom. The average Bonchev–Trinajstić information content (AvgIpc) is 2.64. The minimum atomic E-state index is -0.831. The lowest BCUT2D eigenvalue weighted by Crippen LogP contribution is -2.44. The Balaban J connectivity index is 2.29. The van der Waals surface area contributed by atoms with Gasteiger partial charge < -0.3 is 15.2 Å². The van der Waals surface area contributed by atoms with Gasteiger partial charge >= 0.3 is 0 Å². The number of hydrogen-bond donors (Lipinski definition) is 2. The second kappa shape index (κ2) is 5.64. The molecule has 2 atom stereocenters. The van der Waals surface area contributed by atoms with Crippen LogP contribution in [-0.2, 0) is 9.53 Å². The van der Waals surface area contributed by atoms with Crippen LogP contribution in [-0.4, -0.2) is 35.9 Å². The summed E-state index contributed by atoms with van der Waals surface area (Å²) in [7, 11) is 0. The fourth-order valence-corrected chi connectivity index (χ4v) is 2.13. The van der Waals surface area contributed by atoms with Crippen molar-refractivity contribution in [3.63, 3.8) is 0 Å². The monoisotopic (exact) mass is 229 g/mol. The Kier molecular flexibility index (Phi) is 4.74. The normalized spacial score (nSPS) is 24.4. The highest BCUT2D eigenvalue weighted by Gasteiger charge is 2.27. The van der Waals surface area contributed by atoms with Crippen molar-refractivity contribution in [3.05, 3.63) is 0 Å². The van der Waals surface area contributed by atoms with Crippen molar-refractivity contribution >= 4 is 5.91 Å². The highest BCUT2D eigenvalue weighted by atomic mass is 16.5. The van der Waals surface area contributed by atoms with E-state index in [4.69, 9.17) is 4.74 Å². The third-order valence-corrected chi connectivity index (χ3v) is 2.71. The fraction of sp³-hybridized carbons (Fsp3) is 0.917. The maximum Gasteiger partial charge on any atom is 0.249 e. The molecule has 0 bridgehead atoms. The van der Waals surface area contributed by atoms with Crippen molar-refractivity contribution in [2.24, 2.45) is 5.92 Å². The first kappa shape index (κ1) is 13.5. The van der Waals surface area contributed by atoms with Crippen LogP contribution in [0.5, 0.6) is 0 Å². The summed E-state index contributed by atoms with van der Waals surface area (Å²) in [4.78, 5) is 11.6. The summed E-state index contributed by atoms with van der Waals surface area (Å²) in [6, 6.07) is 0. The molecule has 0 saturated carbocycles. The van der Waals surface area contributed by atoms with Crippen LogP contribution in [0.25, 0.3) is 0 Å². The van der Waals surface area contributed by atoms with Gasteiger partial charge in [-0.15, -0.1) is 0 Å². The zero-order chi connectivity index (χ0) is 12.2. The molecule has 0 aromatic heterocycles. The molecule has 1 heterocycles. The molecular weight excluding hydrogens is 206 g/mol. The number of aliphatic hydroxyl groups is 1. The maximum atomic E-state index is 11.6.